The molecule has 6 rings (SSSR count). The Morgan fingerprint density at radius 2 is 1.84 bits per heavy atom. The van der Waals surface area contributed by atoms with E-state index in [4.69, 9.17) is 38.8 Å². The Labute approximate surface area is 257 Å². The highest BCUT2D eigenvalue weighted by atomic mass is 35.5. The lowest BCUT2D eigenvalue weighted by molar-refractivity contribution is -0.127. The van der Waals surface area contributed by atoms with Crippen LogP contribution >= 0.6 is 23.2 Å². The van der Waals surface area contributed by atoms with Gasteiger partial charge in [-0.3, -0.25) is 19.4 Å². The second kappa shape index (κ2) is 11.3. The van der Waals surface area contributed by atoms with Gasteiger partial charge >= 0.3 is 0 Å². The van der Waals surface area contributed by atoms with Crippen molar-refractivity contribution in [3.63, 3.8) is 0 Å². The van der Waals surface area contributed by atoms with Crippen LogP contribution in [0.4, 0.5) is 0 Å². The van der Waals surface area contributed by atoms with Crippen molar-refractivity contribution in [1.82, 2.24) is 25.0 Å². The average molecular weight is 620 g/mol. The number of carbonyl (C=O) groups excluding carboxylic acids is 3. The lowest BCUT2D eigenvalue weighted by Crippen LogP contribution is -2.57. The standard InChI is InChI=1S/C31H28Cl2N6O4/c1-3-25-30(41)36-6-7-38(25)31(42)27-22-5-4-16-9-26(43-2)23(17-8-18(29(34)40)15-35-14-17)13-24(16)28(22)39(37-27)21-11-19(32)10-20(33)12-21/h8-15,25H,3-7H2,1-2H3,(H2,34,40)(H,36,41). The first-order valence-corrected chi connectivity index (χ1v) is 14.6. The molecule has 1 aliphatic carbocycles. The van der Waals surface area contributed by atoms with Crippen LogP contribution in [0.3, 0.4) is 0 Å². The maximum Gasteiger partial charge on any atom is 0.275 e. The Bertz CT molecular complexity index is 1780. The molecule has 4 aromatic rings. The fourth-order valence-electron chi connectivity index (χ4n) is 5.91. The molecule has 2 aromatic heterocycles. The largest absolute Gasteiger partial charge is 0.496 e. The van der Waals surface area contributed by atoms with Gasteiger partial charge in [0.15, 0.2) is 5.69 Å². The number of primary amides is 1. The third-order valence-corrected chi connectivity index (χ3v) is 8.35. The number of pyridine rings is 1. The van der Waals surface area contributed by atoms with Crippen molar-refractivity contribution in [3.05, 3.63) is 81.2 Å². The monoisotopic (exact) mass is 618 g/mol. The van der Waals surface area contributed by atoms with Crippen molar-refractivity contribution >= 4 is 40.9 Å². The number of nitrogens with two attached hydrogens (primary N) is 1. The molecule has 3 heterocycles. The molecule has 0 bridgehead atoms. The van der Waals surface area contributed by atoms with Crippen molar-refractivity contribution in [2.24, 2.45) is 5.73 Å². The van der Waals surface area contributed by atoms with Crippen LogP contribution < -0.4 is 15.8 Å². The molecule has 220 valence electrons. The Kier molecular flexibility index (Phi) is 7.57. The number of hydrogen-bond acceptors (Lipinski definition) is 6. The summed E-state index contributed by atoms with van der Waals surface area (Å²) in [5, 5.41) is 8.55. The van der Waals surface area contributed by atoms with E-state index in [0.717, 1.165) is 16.7 Å². The summed E-state index contributed by atoms with van der Waals surface area (Å²) in [6.45, 7) is 2.64. The highest BCUT2D eigenvalue weighted by Gasteiger charge is 2.37. The molecule has 1 aliphatic heterocycles. The van der Waals surface area contributed by atoms with Gasteiger partial charge in [-0.05, 0) is 61.2 Å². The van der Waals surface area contributed by atoms with Gasteiger partial charge in [0.1, 0.15) is 11.8 Å². The Balaban J connectivity index is 1.58. The predicted molar refractivity (Wildman–Crippen MR) is 163 cm³/mol. The zero-order chi connectivity index (χ0) is 30.4. The normalized spacial score (nSPS) is 15.9. The minimum Gasteiger partial charge on any atom is -0.496 e. The number of carbonyl (C=O) groups is 3. The number of benzene rings is 2. The second-order valence-electron chi connectivity index (χ2n) is 10.5. The number of nitrogens with one attached hydrogen (secondary N) is 1. The number of aryl methyl sites for hydroxylation is 1. The van der Waals surface area contributed by atoms with Gasteiger partial charge in [0.05, 0.1) is 24.1 Å². The Hall–Kier alpha value is -4.41. The van der Waals surface area contributed by atoms with Gasteiger partial charge in [-0.25, -0.2) is 4.68 Å². The van der Waals surface area contributed by atoms with E-state index in [-0.39, 0.29) is 23.1 Å². The molecule has 3 amide bonds. The maximum atomic E-state index is 14.1. The summed E-state index contributed by atoms with van der Waals surface area (Å²) in [4.78, 5) is 44.5. The predicted octanol–water partition coefficient (Wildman–Crippen LogP) is 4.46. The minimum absolute atomic E-state index is 0.175. The van der Waals surface area contributed by atoms with Crippen molar-refractivity contribution in [2.75, 3.05) is 20.2 Å². The van der Waals surface area contributed by atoms with Crippen LogP contribution in [0.2, 0.25) is 10.0 Å². The van der Waals surface area contributed by atoms with E-state index < -0.39 is 11.9 Å². The van der Waals surface area contributed by atoms with Crippen LogP contribution in [0.5, 0.6) is 5.75 Å². The summed E-state index contributed by atoms with van der Waals surface area (Å²) in [5.41, 5.74) is 11.3. The summed E-state index contributed by atoms with van der Waals surface area (Å²) < 4.78 is 7.45. The number of hydrogen-bond donors (Lipinski definition) is 2. The van der Waals surface area contributed by atoms with Crippen LogP contribution in [0.15, 0.2) is 48.8 Å². The summed E-state index contributed by atoms with van der Waals surface area (Å²) in [5.74, 6) is -0.473. The number of piperazine rings is 1. The molecular weight excluding hydrogens is 591 g/mol. The minimum atomic E-state index is -0.593. The third kappa shape index (κ3) is 5.10. The van der Waals surface area contributed by atoms with Gasteiger partial charge in [-0.15, -0.1) is 0 Å². The summed E-state index contributed by atoms with van der Waals surface area (Å²) in [7, 11) is 1.58. The molecule has 10 nitrogen and oxygen atoms in total. The molecule has 1 unspecified atom stereocenters. The first kappa shape index (κ1) is 28.7. The third-order valence-electron chi connectivity index (χ3n) is 7.91. The molecule has 1 atom stereocenters. The zero-order valence-electron chi connectivity index (χ0n) is 23.5. The van der Waals surface area contributed by atoms with Crippen molar-refractivity contribution in [1.29, 1.82) is 0 Å². The molecule has 0 spiro atoms. The zero-order valence-corrected chi connectivity index (χ0v) is 25.0. The van der Waals surface area contributed by atoms with Crippen LogP contribution in [0.25, 0.3) is 28.1 Å². The van der Waals surface area contributed by atoms with Crippen molar-refractivity contribution < 1.29 is 19.1 Å². The molecule has 1 saturated heterocycles. The number of halogens is 2. The molecule has 2 aliphatic rings. The van der Waals surface area contributed by atoms with Gasteiger partial charge in [-0.1, -0.05) is 30.1 Å². The Morgan fingerprint density at radius 1 is 1.07 bits per heavy atom. The van der Waals surface area contributed by atoms with Gasteiger partial charge in [0.25, 0.3) is 5.91 Å². The first-order chi connectivity index (χ1) is 20.7. The fourth-order valence-corrected chi connectivity index (χ4v) is 6.42. The molecule has 0 saturated carbocycles. The van der Waals surface area contributed by atoms with E-state index in [9.17, 15) is 14.4 Å². The van der Waals surface area contributed by atoms with Crippen LogP contribution in [-0.2, 0) is 17.6 Å². The topological polar surface area (TPSA) is 132 Å². The van der Waals surface area contributed by atoms with Crippen LogP contribution in [0.1, 0.15) is 45.3 Å². The number of nitrogens with zero attached hydrogens (tertiary/aromatic N) is 4. The van der Waals surface area contributed by atoms with Crippen molar-refractivity contribution in [2.45, 2.75) is 32.2 Å². The van der Waals surface area contributed by atoms with Crippen LogP contribution in [-0.4, -0.2) is 63.6 Å². The molecule has 0 radical (unpaired) electrons. The number of aromatic nitrogens is 3. The van der Waals surface area contributed by atoms with E-state index in [0.29, 0.717) is 70.7 Å². The molecule has 12 heteroatoms. The summed E-state index contributed by atoms with van der Waals surface area (Å²) >= 11 is 12.8. The molecule has 3 N–H and O–H groups in total. The maximum absolute atomic E-state index is 14.1. The number of amides is 3. The number of rotatable bonds is 6. The smallest absolute Gasteiger partial charge is 0.275 e. The Morgan fingerprint density at radius 3 is 2.53 bits per heavy atom. The molecular formula is C31H28Cl2N6O4. The molecule has 2 aromatic carbocycles. The summed E-state index contributed by atoms with van der Waals surface area (Å²) in [6.07, 6.45) is 4.69. The lowest BCUT2D eigenvalue weighted by atomic mass is 9.86. The van der Waals surface area contributed by atoms with E-state index in [1.165, 1.54) is 6.20 Å². The van der Waals surface area contributed by atoms with Gasteiger partial charge in [0.2, 0.25) is 11.8 Å². The highest BCUT2D eigenvalue weighted by Crippen LogP contribution is 2.43. The van der Waals surface area contributed by atoms with Gasteiger partial charge < -0.3 is 20.7 Å². The van der Waals surface area contributed by atoms with E-state index in [1.54, 1.807) is 47.2 Å². The van der Waals surface area contributed by atoms with E-state index in [1.807, 2.05) is 19.1 Å². The summed E-state index contributed by atoms with van der Waals surface area (Å²) in [6, 6.07) is 10.1. The molecule has 43 heavy (non-hydrogen) atoms. The molecule has 1 fully saturated rings. The van der Waals surface area contributed by atoms with Gasteiger partial charge in [-0.2, -0.15) is 5.10 Å². The van der Waals surface area contributed by atoms with E-state index >= 15 is 0 Å². The lowest BCUT2D eigenvalue weighted by Gasteiger charge is -2.34. The number of fused-ring (bicyclic) bond motifs is 3. The average Bonchev–Trinajstić information content (AvgIpc) is 3.39. The van der Waals surface area contributed by atoms with E-state index in [2.05, 4.69) is 10.3 Å². The fraction of sp³-hybridized carbons (Fsp3) is 0.258. The number of ether oxygens (including phenoxy) is 1. The SMILES string of the molecule is CCC1C(=O)NCCN1C(=O)c1nn(-c2cc(Cl)cc(Cl)c2)c2c1CCc1cc(OC)c(-c3cncc(C(N)=O)c3)cc1-2. The van der Waals surface area contributed by atoms with Crippen LogP contribution in [0, 0.1) is 0 Å². The highest BCUT2D eigenvalue weighted by molar-refractivity contribution is 6.34. The first-order valence-electron chi connectivity index (χ1n) is 13.8. The second-order valence-corrected chi connectivity index (χ2v) is 11.3. The van der Waals surface area contributed by atoms with Crippen molar-refractivity contribution in [3.8, 4) is 33.8 Å². The number of methoxy groups -OCH3 is 1. The van der Waals surface area contributed by atoms with Gasteiger partial charge in [0, 0.05) is 57.8 Å². The quantitative estimate of drug-likeness (QED) is 0.328.